The van der Waals surface area contributed by atoms with Gasteiger partial charge in [0.1, 0.15) is 5.52 Å². The largest absolute Gasteiger partial charge is 0.441 e. The summed E-state index contributed by atoms with van der Waals surface area (Å²) in [7, 11) is 0. The lowest BCUT2D eigenvalue weighted by molar-refractivity contribution is -0.121. The number of nitrogens with two attached hydrogens (primary N) is 1. The van der Waals surface area contributed by atoms with Gasteiger partial charge in [-0.05, 0) is 49.3 Å². The molecule has 1 amide bonds. The highest BCUT2D eigenvalue weighted by atomic mass is 16.3. The van der Waals surface area contributed by atoms with Gasteiger partial charge in [-0.2, -0.15) is 0 Å². The highest BCUT2D eigenvalue weighted by Crippen LogP contribution is 2.47. The maximum absolute atomic E-state index is 12.6. The van der Waals surface area contributed by atoms with Crippen LogP contribution in [0.5, 0.6) is 0 Å². The normalized spacial score (nSPS) is 30.1. The minimum atomic E-state index is -0.0436. The molecule has 1 aromatic heterocycles. The number of fused-ring (bicyclic) bond motifs is 3. The van der Waals surface area contributed by atoms with Gasteiger partial charge in [0.05, 0.1) is 5.92 Å². The van der Waals surface area contributed by atoms with Crippen LogP contribution in [0.2, 0.25) is 0 Å². The standard InChI is InChI=1S/C17H21N3O2/c1-2-14-20-12-8-11(5-6-13(12)22-14)19-17(21)15-9-3-4-10(7-9)16(15)18/h5-6,8-10,15-16H,2-4,7,18H2,1H3,(H,19,21). The Morgan fingerprint density at radius 1 is 1.41 bits per heavy atom. The highest BCUT2D eigenvalue weighted by molar-refractivity contribution is 5.95. The van der Waals surface area contributed by atoms with Crippen molar-refractivity contribution >= 4 is 22.7 Å². The Morgan fingerprint density at radius 3 is 2.95 bits per heavy atom. The molecule has 2 saturated carbocycles. The summed E-state index contributed by atoms with van der Waals surface area (Å²) >= 11 is 0. The Bertz CT molecular complexity index is 722. The van der Waals surface area contributed by atoms with Gasteiger partial charge >= 0.3 is 0 Å². The lowest BCUT2D eigenvalue weighted by Gasteiger charge is -2.26. The summed E-state index contributed by atoms with van der Waals surface area (Å²) in [4.78, 5) is 17.0. The maximum atomic E-state index is 12.6. The molecule has 2 fully saturated rings. The zero-order chi connectivity index (χ0) is 15.3. The van der Waals surface area contributed by atoms with Gasteiger partial charge in [-0.15, -0.1) is 0 Å². The number of anilines is 1. The zero-order valence-electron chi connectivity index (χ0n) is 12.7. The first-order valence-electron chi connectivity index (χ1n) is 8.11. The smallest absolute Gasteiger partial charge is 0.229 e. The highest BCUT2D eigenvalue weighted by Gasteiger charge is 2.49. The van der Waals surface area contributed by atoms with Crippen molar-refractivity contribution in [1.82, 2.24) is 4.98 Å². The first-order chi connectivity index (χ1) is 10.7. The molecule has 0 radical (unpaired) electrons. The van der Waals surface area contributed by atoms with E-state index in [2.05, 4.69) is 10.3 Å². The van der Waals surface area contributed by atoms with E-state index in [9.17, 15) is 4.79 Å². The number of amides is 1. The third-order valence-corrected chi connectivity index (χ3v) is 5.29. The predicted molar refractivity (Wildman–Crippen MR) is 84.3 cm³/mol. The van der Waals surface area contributed by atoms with Crippen LogP contribution in [0.3, 0.4) is 0 Å². The monoisotopic (exact) mass is 299 g/mol. The Balaban J connectivity index is 1.54. The number of aromatic nitrogens is 1. The van der Waals surface area contributed by atoms with Gasteiger partial charge in [-0.3, -0.25) is 4.79 Å². The fourth-order valence-electron chi connectivity index (χ4n) is 4.15. The van der Waals surface area contributed by atoms with Crippen molar-refractivity contribution in [3.63, 3.8) is 0 Å². The summed E-state index contributed by atoms with van der Waals surface area (Å²) in [6, 6.07) is 5.61. The molecule has 2 aromatic rings. The lowest BCUT2D eigenvalue weighted by Crippen LogP contribution is -2.42. The van der Waals surface area contributed by atoms with Crippen LogP contribution in [0.25, 0.3) is 11.1 Å². The Hall–Kier alpha value is -1.88. The second kappa shape index (κ2) is 5.09. The molecule has 2 bridgehead atoms. The zero-order valence-corrected chi connectivity index (χ0v) is 12.7. The van der Waals surface area contributed by atoms with Gasteiger partial charge < -0.3 is 15.5 Å². The van der Waals surface area contributed by atoms with Gasteiger partial charge in [0.15, 0.2) is 11.5 Å². The second-order valence-electron chi connectivity index (χ2n) is 6.57. The van der Waals surface area contributed by atoms with E-state index in [0.29, 0.717) is 17.7 Å². The molecule has 0 aliphatic heterocycles. The van der Waals surface area contributed by atoms with Gasteiger partial charge in [0.2, 0.25) is 5.91 Å². The van der Waals surface area contributed by atoms with Gasteiger partial charge in [0, 0.05) is 18.2 Å². The fourth-order valence-corrected chi connectivity index (χ4v) is 4.15. The van der Waals surface area contributed by atoms with E-state index < -0.39 is 0 Å². The van der Waals surface area contributed by atoms with E-state index in [1.165, 1.54) is 6.42 Å². The third-order valence-electron chi connectivity index (χ3n) is 5.29. The molecule has 4 atom stereocenters. The topological polar surface area (TPSA) is 81.2 Å². The molecule has 3 N–H and O–H groups in total. The number of carbonyl (C=O) groups excluding carboxylic acids is 1. The number of nitrogens with zero attached hydrogens (tertiary/aromatic N) is 1. The number of aryl methyl sites for hydroxylation is 1. The lowest BCUT2D eigenvalue weighted by atomic mass is 9.84. The number of rotatable bonds is 3. The average Bonchev–Trinajstić information content (AvgIpc) is 3.19. The Labute approximate surface area is 129 Å². The second-order valence-corrected chi connectivity index (χ2v) is 6.57. The fraction of sp³-hybridized carbons (Fsp3) is 0.529. The molecule has 1 heterocycles. The van der Waals surface area contributed by atoms with Gasteiger partial charge in [-0.25, -0.2) is 4.98 Å². The first kappa shape index (κ1) is 13.8. The molecule has 4 rings (SSSR count). The van der Waals surface area contributed by atoms with Crippen molar-refractivity contribution < 1.29 is 9.21 Å². The van der Waals surface area contributed by atoms with E-state index in [1.807, 2.05) is 25.1 Å². The van der Waals surface area contributed by atoms with Crippen molar-refractivity contribution in [3.05, 3.63) is 24.1 Å². The Morgan fingerprint density at radius 2 is 2.23 bits per heavy atom. The van der Waals surface area contributed by atoms with Crippen LogP contribution in [0, 0.1) is 17.8 Å². The van der Waals surface area contributed by atoms with Gasteiger partial charge in [0.25, 0.3) is 0 Å². The van der Waals surface area contributed by atoms with E-state index in [4.69, 9.17) is 10.2 Å². The van der Waals surface area contributed by atoms with Crippen molar-refractivity contribution in [1.29, 1.82) is 0 Å². The molecule has 0 spiro atoms. The summed E-state index contributed by atoms with van der Waals surface area (Å²) in [5.41, 5.74) is 8.55. The SMILES string of the molecule is CCc1nc2cc(NC(=O)C3C4CCC(C4)C3N)ccc2o1. The summed E-state index contributed by atoms with van der Waals surface area (Å²) in [6.07, 6.45) is 4.19. The van der Waals surface area contributed by atoms with Crippen LogP contribution < -0.4 is 11.1 Å². The van der Waals surface area contributed by atoms with Crippen molar-refractivity contribution in [3.8, 4) is 0 Å². The average molecular weight is 299 g/mol. The molecule has 1 aromatic carbocycles. The molecule has 4 unspecified atom stereocenters. The number of nitrogens with one attached hydrogen (secondary N) is 1. The molecular weight excluding hydrogens is 278 g/mol. The number of benzene rings is 1. The molecule has 5 heteroatoms. The third kappa shape index (κ3) is 2.11. The van der Waals surface area contributed by atoms with Crippen molar-refractivity contribution in [2.45, 2.75) is 38.6 Å². The van der Waals surface area contributed by atoms with Crippen LogP contribution in [0.4, 0.5) is 5.69 Å². The number of oxazole rings is 1. The molecule has 5 nitrogen and oxygen atoms in total. The molecular formula is C17H21N3O2. The van der Waals surface area contributed by atoms with Crippen LogP contribution in [-0.2, 0) is 11.2 Å². The van der Waals surface area contributed by atoms with Crippen LogP contribution in [0.1, 0.15) is 32.1 Å². The first-order valence-corrected chi connectivity index (χ1v) is 8.11. The molecule has 116 valence electrons. The van der Waals surface area contributed by atoms with E-state index in [1.54, 1.807) is 0 Å². The van der Waals surface area contributed by atoms with Crippen LogP contribution in [-0.4, -0.2) is 16.9 Å². The number of hydrogen-bond acceptors (Lipinski definition) is 4. The number of hydrogen-bond donors (Lipinski definition) is 2. The minimum absolute atomic E-state index is 0.0150. The van der Waals surface area contributed by atoms with Crippen LogP contribution >= 0.6 is 0 Å². The summed E-state index contributed by atoms with van der Waals surface area (Å²) < 4.78 is 5.59. The van der Waals surface area contributed by atoms with Gasteiger partial charge in [-0.1, -0.05) is 6.92 Å². The maximum Gasteiger partial charge on any atom is 0.229 e. The summed E-state index contributed by atoms with van der Waals surface area (Å²) in [5, 5.41) is 3.02. The van der Waals surface area contributed by atoms with E-state index in [0.717, 1.165) is 36.0 Å². The molecule has 2 aliphatic rings. The van der Waals surface area contributed by atoms with Crippen molar-refractivity contribution in [2.75, 3.05) is 5.32 Å². The van der Waals surface area contributed by atoms with E-state index in [-0.39, 0.29) is 17.9 Å². The quantitative estimate of drug-likeness (QED) is 0.913. The van der Waals surface area contributed by atoms with Crippen LogP contribution in [0.15, 0.2) is 22.6 Å². The number of carbonyl (C=O) groups is 1. The molecule has 22 heavy (non-hydrogen) atoms. The molecule has 0 saturated heterocycles. The van der Waals surface area contributed by atoms with Crippen molar-refractivity contribution in [2.24, 2.45) is 23.5 Å². The molecule has 2 aliphatic carbocycles. The Kier molecular flexibility index (Phi) is 3.18. The summed E-state index contributed by atoms with van der Waals surface area (Å²) in [6.45, 7) is 2.00. The van der Waals surface area contributed by atoms with E-state index >= 15 is 0 Å². The predicted octanol–water partition coefficient (Wildman–Crippen LogP) is 2.70. The summed E-state index contributed by atoms with van der Waals surface area (Å²) in [5.74, 6) is 1.72. The minimum Gasteiger partial charge on any atom is -0.441 e.